The molecule has 0 spiro atoms. The Labute approximate surface area is 123 Å². The summed E-state index contributed by atoms with van der Waals surface area (Å²) in [4.78, 5) is 8.69. The number of aromatic nitrogens is 2. The van der Waals surface area contributed by atoms with Crippen LogP contribution in [0.1, 0.15) is 30.1 Å². The van der Waals surface area contributed by atoms with Crippen molar-refractivity contribution >= 4 is 15.9 Å². The van der Waals surface area contributed by atoms with Gasteiger partial charge in [0.15, 0.2) is 17.5 Å². The lowest BCUT2D eigenvalue weighted by Gasteiger charge is -2.21. The van der Waals surface area contributed by atoms with E-state index in [4.69, 9.17) is 5.73 Å². The predicted molar refractivity (Wildman–Crippen MR) is 75.0 cm³/mol. The molecule has 1 atom stereocenters. The summed E-state index contributed by atoms with van der Waals surface area (Å²) in [5.74, 6) is -1.45. The van der Waals surface area contributed by atoms with Crippen LogP contribution in [-0.4, -0.2) is 9.97 Å². The summed E-state index contributed by atoms with van der Waals surface area (Å²) in [7, 11) is 0. The van der Waals surface area contributed by atoms with E-state index in [-0.39, 0.29) is 10.5 Å². The van der Waals surface area contributed by atoms with E-state index in [9.17, 15) is 8.78 Å². The third kappa shape index (κ3) is 2.23. The molecule has 1 unspecified atom stereocenters. The van der Waals surface area contributed by atoms with E-state index >= 15 is 0 Å². The minimum Gasteiger partial charge on any atom is -0.324 e. The summed E-state index contributed by atoms with van der Waals surface area (Å²) in [5, 5.41) is 0. The van der Waals surface area contributed by atoms with Crippen LogP contribution in [0.5, 0.6) is 0 Å². The zero-order valence-corrected chi connectivity index (χ0v) is 12.1. The molecule has 1 aliphatic carbocycles. The van der Waals surface area contributed by atoms with Gasteiger partial charge in [-0.15, -0.1) is 0 Å². The first-order valence-electron chi connectivity index (χ1n) is 6.33. The SMILES string of the molecule is NC1CCCc2nc(-c3ccc(F)c(F)c3Br)ncc21. The first-order chi connectivity index (χ1) is 9.58. The van der Waals surface area contributed by atoms with Crippen LogP contribution in [0.4, 0.5) is 8.78 Å². The average molecular weight is 340 g/mol. The monoisotopic (exact) mass is 339 g/mol. The van der Waals surface area contributed by atoms with Gasteiger partial charge in [-0.1, -0.05) is 0 Å². The van der Waals surface area contributed by atoms with Gasteiger partial charge in [-0.3, -0.25) is 0 Å². The highest BCUT2D eigenvalue weighted by Gasteiger charge is 2.21. The largest absolute Gasteiger partial charge is 0.324 e. The number of benzene rings is 1. The van der Waals surface area contributed by atoms with Crippen LogP contribution >= 0.6 is 15.9 Å². The topological polar surface area (TPSA) is 51.8 Å². The third-order valence-corrected chi connectivity index (χ3v) is 4.28. The molecule has 1 aromatic carbocycles. The van der Waals surface area contributed by atoms with Gasteiger partial charge < -0.3 is 5.73 Å². The van der Waals surface area contributed by atoms with Crippen molar-refractivity contribution in [3.05, 3.63) is 45.7 Å². The maximum absolute atomic E-state index is 13.6. The van der Waals surface area contributed by atoms with Crippen LogP contribution in [-0.2, 0) is 6.42 Å². The summed E-state index contributed by atoms with van der Waals surface area (Å²) >= 11 is 3.06. The maximum atomic E-state index is 13.6. The lowest BCUT2D eigenvalue weighted by molar-refractivity contribution is 0.504. The Kier molecular flexibility index (Phi) is 3.52. The first kappa shape index (κ1) is 13.6. The minimum atomic E-state index is -0.930. The van der Waals surface area contributed by atoms with E-state index in [0.29, 0.717) is 11.4 Å². The molecule has 2 N–H and O–H groups in total. The summed E-state index contributed by atoms with van der Waals surface area (Å²) in [6.07, 6.45) is 4.42. The van der Waals surface area contributed by atoms with E-state index in [0.717, 1.165) is 36.6 Å². The number of fused-ring (bicyclic) bond motifs is 1. The molecule has 3 rings (SSSR count). The van der Waals surface area contributed by atoms with Gasteiger partial charge in [0, 0.05) is 29.1 Å². The number of rotatable bonds is 1. The van der Waals surface area contributed by atoms with Crippen LogP contribution in [0.25, 0.3) is 11.4 Å². The average Bonchev–Trinajstić information content (AvgIpc) is 2.45. The number of nitrogens with two attached hydrogens (primary N) is 1. The second-order valence-electron chi connectivity index (χ2n) is 4.82. The van der Waals surface area contributed by atoms with Gasteiger partial charge in [0.05, 0.1) is 4.47 Å². The Morgan fingerprint density at radius 3 is 2.90 bits per heavy atom. The van der Waals surface area contributed by atoms with Crippen molar-refractivity contribution < 1.29 is 8.78 Å². The summed E-state index contributed by atoms with van der Waals surface area (Å²) in [6, 6.07) is 2.50. The normalized spacial score (nSPS) is 17.9. The molecule has 0 saturated heterocycles. The molecule has 1 aromatic heterocycles. The summed E-state index contributed by atoms with van der Waals surface area (Å²) < 4.78 is 26.8. The van der Waals surface area contributed by atoms with Crippen LogP contribution in [0.2, 0.25) is 0 Å². The zero-order valence-electron chi connectivity index (χ0n) is 10.5. The molecule has 6 heteroatoms. The number of aryl methyl sites for hydroxylation is 1. The van der Waals surface area contributed by atoms with E-state index in [2.05, 4.69) is 25.9 Å². The highest BCUT2D eigenvalue weighted by atomic mass is 79.9. The molecular weight excluding hydrogens is 328 g/mol. The van der Waals surface area contributed by atoms with Crippen molar-refractivity contribution in [2.24, 2.45) is 5.73 Å². The fourth-order valence-corrected chi connectivity index (χ4v) is 2.91. The molecule has 0 saturated carbocycles. The molecule has 1 aliphatic rings. The fourth-order valence-electron chi connectivity index (χ4n) is 2.41. The Bertz CT molecular complexity index is 676. The highest BCUT2D eigenvalue weighted by molar-refractivity contribution is 9.10. The Hall–Kier alpha value is -1.40. The maximum Gasteiger partial charge on any atom is 0.173 e. The molecule has 104 valence electrons. The van der Waals surface area contributed by atoms with E-state index < -0.39 is 11.6 Å². The Morgan fingerprint density at radius 2 is 2.10 bits per heavy atom. The van der Waals surface area contributed by atoms with E-state index in [1.807, 2.05) is 0 Å². The van der Waals surface area contributed by atoms with Gasteiger partial charge in [-0.25, -0.2) is 18.7 Å². The first-order valence-corrected chi connectivity index (χ1v) is 7.12. The number of nitrogens with zero attached hydrogens (tertiary/aromatic N) is 2. The molecule has 2 aromatic rings. The van der Waals surface area contributed by atoms with E-state index in [1.165, 1.54) is 6.07 Å². The molecule has 0 aliphatic heterocycles. The highest BCUT2D eigenvalue weighted by Crippen LogP contribution is 2.32. The molecule has 0 amide bonds. The second-order valence-corrected chi connectivity index (χ2v) is 5.61. The lowest BCUT2D eigenvalue weighted by atomic mass is 9.93. The molecule has 1 heterocycles. The Balaban J connectivity index is 2.10. The van der Waals surface area contributed by atoms with Gasteiger partial charge in [0.1, 0.15) is 0 Å². The van der Waals surface area contributed by atoms with Crippen molar-refractivity contribution in [1.29, 1.82) is 0 Å². The fraction of sp³-hybridized carbons (Fsp3) is 0.286. The van der Waals surface area contributed by atoms with Crippen molar-refractivity contribution in [3.8, 4) is 11.4 Å². The van der Waals surface area contributed by atoms with Gasteiger partial charge >= 0.3 is 0 Å². The van der Waals surface area contributed by atoms with Gasteiger partial charge in [-0.05, 0) is 47.3 Å². The molecule has 20 heavy (non-hydrogen) atoms. The van der Waals surface area contributed by atoms with Crippen molar-refractivity contribution in [3.63, 3.8) is 0 Å². The molecule has 0 fully saturated rings. The van der Waals surface area contributed by atoms with Gasteiger partial charge in [0.2, 0.25) is 0 Å². The summed E-state index contributed by atoms with van der Waals surface area (Å²) in [6.45, 7) is 0. The van der Waals surface area contributed by atoms with Crippen molar-refractivity contribution in [1.82, 2.24) is 9.97 Å². The molecule has 0 radical (unpaired) electrons. The number of hydrogen-bond donors (Lipinski definition) is 1. The summed E-state index contributed by atoms with van der Waals surface area (Å²) in [5.41, 5.74) is 8.28. The van der Waals surface area contributed by atoms with Gasteiger partial charge in [0.25, 0.3) is 0 Å². The molecule has 0 bridgehead atoms. The number of hydrogen-bond acceptors (Lipinski definition) is 3. The van der Waals surface area contributed by atoms with Crippen LogP contribution in [0.3, 0.4) is 0 Å². The molecule has 3 nitrogen and oxygen atoms in total. The van der Waals surface area contributed by atoms with Crippen LogP contribution < -0.4 is 5.73 Å². The predicted octanol–water partition coefficient (Wildman–Crippen LogP) is 3.52. The van der Waals surface area contributed by atoms with Crippen LogP contribution in [0.15, 0.2) is 22.8 Å². The van der Waals surface area contributed by atoms with Crippen LogP contribution in [0, 0.1) is 11.6 Å². The smallest absolute Gasteiger partial charge is 0.173 e. The standard InChI is InChI=1S/C14H12BrF2N3/c15-12-7(4-5-9(16)13(12)17)14-19-6-8-10(18)2-1-3-11(8)20-14/h4-6,10H,1-3,18H2. The number of halogens is 3. The van der Waals surface area contributed by atoms with Gasteiger partial charge in [-0.2, -0.15) is 0 Å². The lowest BCUT2D eigenvalue weighted by Crippen LogP contribution is -2.19. The van der Waals surface area contributed by atoms with E-state index in [1.54, 1.807) is 6.20 Å². The second kappa shape index (κ2) is 5.18. The zero-order chi connectivity index (χ0) is 14.3. The quantitative estimate of drug-likeness (QED) is 0.808. The Morgan fingerprint density at radius 1 is 1.30 bits per heavy atom. The van der Waals surface area contributed by atoms with Crippen molar-refractivity contribution in [2.45, 2.75) is 25.3 Å². The molecular formula is C14H12BrF2N3. The van der Waals surface area contributed by atoms with Crippen molar-refractivity contribution in [2.75, 3.05) is 0 Å². The third-order valence-electron chi connectivity index (χ3n) is 3.50. The minimum absolute atomic E-state index is 0.0394.